The highest BCUT2D eigenvalue weighted by atomic mass is 19.1. The van der Waals surface area contributed by atoms with Gasteiger partial charge in [0.2, 0.25) is 0 Å². The predicted octanol–water partition coefficient (Wildman–Crippen LogP) is 2.48. The molecule has 0 bridgehead atoms. The number of rotatable bonds is 9. The lowest BCUT2D eigenvalue weighted by Crippen LogP contribution is -2.48. The molecule has 1 aromatic carbocycles. The molecule has 29 heavy (non-hydrogen) atoms. The zero-order valence-electron chi connectivity index (χ0n) is 17.4. The Morgan fingerprint density at radius 3 is 2.66 bits per heavy atom. The number of hydrogen-bond acceptors (Lipinski definition) is 4. The normalized spacial score (nSPS) is 21.9. The smallest absolute Gasteiger partial charge is 0.191 e. The van der Waals surface area contributed by atoms with Crippen molar-refractivity contribution >= 4 is 5.96 Å². The molecule has 2 aliphatic rings. The summed E-state index contributed by atoms with van der Waals surface area (Å²) in [6, 6.07) is 6.87. The minimum absolute atomic E-state index is 0.0734. The van der Waals surface area contributed by atoms with Crippen LogP contribution in [0.1, 0.15) is 31.2 Å². The second-order valence-electron chi connectivity index (χ2n) is 7.91. The van der Waals surface area contributed by atoms with Crippen LogP contribution in [-0.4, -0.2) is 65.7 Å². The van der Waals surface area contributed by atoms with E-state index in [1.54, 1.807) is 7.05 Å². The van der Waals surface area contributed by atoms with Gasteiger partial charge in [0.1, 0.15) is 5.82 Å². The zero-order chi connectivity index (χ0) is 20.4. The molecule has 3 rings (SSSR count). The first-order chi connectivity index (χ1) is 14.2. The van der Waals surface area contributed by atoms with Crippen LogP contribution in [0, 0.1) is 11.7 Å². The number of hydrogen-bond donors (Lipinski definition) is 2. The fourth-order valence-electron chi connectivity index (χ4n) is 3.95. The molecule has 2 heterocycles. The fourth-order valence-corrected chi connectivity index (χ4v) is 3.95. The van der Waals surface area contributed by atoms with E-state index >= 15 is 0 Å². The van der Waals surface area contributed by atoms with Crippen LogP contribution in [0.15, 0.2) is 29.3 Å². The van der Waals surface area contributed by atoms with Gasteiger partial charge in [0.05, 0.1) is 13.2 Å². The molecule has 2 fully saturated rings. The number of halogens is 1. The predicted molar refractivity (Wildman–Crippen MR) is 112 cm³/mol. The summed E-state index contributed by atoms with van der Waals surface area (Å²) in [6.07, 6.45) is 3.84. The van der Waals surface area contributed by atoms with E-state index in [4.69, 9.17) is 14.2 Å². The number of guanidine groups is 1. The third-order valence-electron chi connectivity index (χ3n) is 5.86. The monoisotopic (exact) mass is 407 g/mol. The summed E-state index contributed by atoms with van der Waals surface area (Å²) in [5, 5.41) is 6.82. The van der Waals surface area contributed by atoms with Crippen LogP contribution < -0.4 is 10.6 Å². The molecule has 6 nitrogen and oxygen atoms in total. The first-order valence-corrected chi connectivity index (χ1v) is 10.7. The summed E-state index contributed by atoms with van der Waals surface area (Å²) in [5.41, 5.74) is 1.07. The molecule has 1 atom stereocenters. The van der Waals surface area contributed by atoms with E-state index in [0.717, 1.165) is 76.7 Å². The van der Waals surface area contributed by atoms with Crippen LogP contribution in [0.3, 0.4) is 0 Å². The Labute approximate surface area is 173 Å². The molecule has 2 N–H and O–H groups in total. The lowest BCUT2D eigenvalue weighted by molar-refractivity contribution is 0.0513. The number of nitrogens with one attached hydrogen (secondary N) is 2. The van der Waals surface area contributed by atoms with Gasteiger partial charge in [-0.25, -0.2) is 4.39 Å². The van der Waals surface area contributed by atoms with Gasteiger partial charge in [-0.2, -0.15) is 0 Å². The Morgan fingerprint density at radius 1 is 1.17 bits per heavy atom. The van der Waals surface area contributed by atoms with Crippen molar-refractivity contribution in [3.63, 3.8) is 0 Å². The topological polar surface area (TPSA) is 64.1 Å². The molecule has 0 aromatic heterocycles. The van der Waals surface area contributed by atoms with Gasteiger partial charge in [-0.1, -0.05) is 12.1 Å². The van der Waals surface area contributed by atoms with Gasteiger partial charge in [0, 0.05) is 57.9 Å². The molecule has 7 heteroatoms. The average molecular weight is 408 g/mol. The van der Waals surface area contributed by atoms with Crippen molar-refractivity contribution in [3.8, 4) is 0 Å². The molecule has 0 amide bonds. The molecule has 162 valence electrons. The van der Waals surface area contributed by atoms with Gasteiger partial charge in [-0.3, -0.25) is 4.99 Å². The lowest BCUT2D eigenvalue weighted by Gasteiger charge is -2.38. The van der Waals surface area contributed by atoms with E-state index < -0.39 is 0 Å². The third-order valence-corrected chi connectivity index (χ3v) is 5.86. The molecular weight excluding hydrogens is 373 g/mol. The van der Waals surface area contributed by atoms with Crippen molar-refractivity contribution in [3.05, 3.63) is 35.6 Å². The maximum atomic E-state index is 13.4. The van der Waals surface area contributed by atoms with Crippen LogP contribution >= 0.6 is 0 Å². The molecule has 2 aliphatic heterocycles. The van der Waals surface area contributed by atoms with Gasteiger partial charge < -0.3 is 24.8 Å². The third kappa shape index (κ3) is 6.66. The van der Waals surface area contributed by atoms with E-state index in [2.05, 4.69) is 15.6 Å². The van der Waals surface area contributed by atoms with Gasteiger partial charge in [-0.05, 0) is 43.4 Å². The van der Waals surface area contributed by atoms with E-state index in [1.165, 1.54) is 12.1 Å². The Kier molecular flexibility index (Phi) is 8.70. The number of ether oxygens (including phenoxy) is 3. The summed E-state index contributed by atoms with van der Waals surface area (Å²) in [4.78, 5) is 4.34. The highest BCUT2D eigenvalue weighted by Gasteiger charge is 2.34. The van der Waals surface area contributed by atoms with E-state index in [1.807, 2.05) is 12.1 Å². The Balaban J connectivity index is 1.42. The summed E-state index contributed by atoms with van der Waals surface area (Å²) in [6.45, 7) is 6.18. The Morgan fingerprint density at radius 2 is 1.97 bits per heavy atom. The van der Waals surface area contributed by atoms with Crippen molar-refractivity contribution < 1.29 is 18.6 Å². The Bertz CT molecular complexity index is 627. The minimum atomic E-state index is -0.205. The van der Waals surface area contributed by atoms with Crippen LogP contribution in [0.25, 0.3) is 0 Å². The number of aliphatic imine (C=N–C) groups is 1. The zero-order valence-corrected chi connectivity index (χ0v) is 17.4. The largest absolute Gasteiger partial charge is 0.381 e. The molecule has 0 radical (unpaired) electrons. The second-order valence-corrected chi connectivity index (χ2v) is 7.91. The number of nitrogens with zero attached hydrogens (tertiary/aromatic N) is 1. The second kappa shape index (κ2) is 11.5. The first-order valence-electron chi connectivity index (χ1n) is 10.7. The molecule has 2 saturated heterocycles. The molecule has 0 aliphatic carbocycles. The highest BCUT2D eigenvalue weighted by Crippen LogP contribution is 2.34. The lowest BCUT2D eigenvalue weighted by atomic mass is 9.74. The first kappa shape index (κ1) is 22.0. The Hall–Kier alpha value is -1.70. The summed E-state index contributed by atoms with van der Waals surface area (Å²) in [5.74, 6) is 1.13. The van der Waals surface area contributed by atoms with Crippen LogP contribution in [0.5, 0.6) is 0 Å². The average Bonchev–Trinajstić information content (AvgIpc) is 3.27. The molecule has 0 spiro atoms. The molecule has 0 saturated carbocycles. The van der Waals surface area contributed by atoms with E-state index in [-0.39, 0.29) is 11.2 Å². The van der Waals surface area contributed by atoms with Crippen molar-refractivity contribution in [1.29, 1.82) is 0 Å². The quantitative estimate of drug-likeness (QED) is 0.374. The maximum Gasteiger partial charge on any atom is 0.191 e. The summed E-state index contributed by atoms with van der Waals surface area (Å²) < 4.78 is 30.1. The summed E-state index contributed by atoms with van der Waals surface area (Å²) >= 11 is 0. The highest BCUT2D eigenvalue weighted by molar-refractivity contribution is 5.79. The van der Waals surface area contributed by atoms with Crippen LogP contribution in [0.4, 0.5) is 4.39 Å². The SMILES string of the molecule is CN=C(NCCCOCC1CCOC1)NCC1(c2ccc(F)cc2)CCOCC1. The van der Waals surface area contributed by atoms with Crippen molar-refractivity contribution in [1.82, 2.24) is 10.6 Å². The number of benzene rings is 1. The van der Waals surface area contributed by atoms with Gasteiger partial charge in [-0.15, -0.1) is 0 Å². The van der Waals surface area contributed by atoms with Crippen molar-refractivity contribution in [2.75, 3.05) is 59.8 Å². The van der Waals surface area contributed by atoms with Gasteiger partial charge in [0.25, 0.3) is 0 Å². The van der Waals surface area contributed by atoms with E-state index in [0.29, 0.717) is 19.1 Å². The summed E-state index contributed by atoms with van der Waals surface area (Å²) in [7, 11) is 1.78. The fraction of sp³-hybridized carbons (Fsp3) is 0.682. The van der Waals surface area contributed by atoms with Gasteiger partial charge >= 0.3 is 0 Å². The van der Waals surface area contributed by atoms with Crippen molar-refractivity contribution in [2.24, 2.45) is 10.9 Å². The minimum Gasteiger partial charge on any atom is -0.381 e. The standard InChI is InChI=1S/C22H34FN3O3/c1-24-21(25-10-2-11-28-15-18-7-12-29-16-18)26-17-22(8-13-27-14-9-22)19-3-5-20(23)6-4-19/h3-6,18H,2,7-17H2,1H3,(H2,24,25,26). The molecule has 1 aromatic rings. The van der Waals surface area contributed by atoms with Crippen molar-refractivity contribution in [2.45, 2.75) is 31.1 Å². The van der Waals surface area contributed by atoms with E-state index in [9.17, 15) is 4.39 Å². The van der Waals surface area contributed by atoms with Crippen LogP contribution in [-0.2, 0) is 19.6 Å². The van der Waals surface area contributed by atoms with Gasteiger partial charge in [0.15, 0.2) is 5.96 Å². The molecular formula is C22H34FN3O3. The molecule has 1 unspecified atom stereocenters. The maximum absolute atomic E-state index is 13.4. The van der Waals surface area contributed by atoms with Crippen LogP contribution in [0.2, 0.25) is 0 Å².